The van der Waals surface area contributed by atoms with Crippen molar-refractivity contribution in [3.63, 3.8) is 0 Å². The molecule has 4 rings (SSSR count). The van der Waals surface area contributed by atoms with E-state index in [0.29, 0.717) is 23.6 Å². The first-order chi connectivity index (χ1) is 15.0. The van der Waals surface area contributed by atoms with E-state index in [2.05, 4.69) is 20.4 Å². The Morgan fingerprint density at radius 3 is 2.65 bits per heavy atom. The van der Waals surface area contributed by atoms with Gasteiger partial charge in [-0.1, -0.05) is 6.07 Å². The lowest BCUT2D eigenvalue weighted by Crippen LogP contribution is -2.37. The maximum Gasteiger partial charge on any atom is 0.404 e. The lowest BCUT2D eigenvalue weighted by Gasteiger charge is -2.28. The monoisotopic (exact) mass is 429 g/mol. The van der Waals surface area contributed by atoms with E-state index in [1.165, 1.54) is 36.9 Å². The Hall–Kier alpha value is -3.56. The van der Waals surface area contributed by atoms with E-state index in [1.54, 1.807) is 6.20 Å². The number of amides is 1. The Bertz CT molecular complexity index is 1050. The maximum atomic E-state index is 14.1. The zero-order chi connectivity index (χ0) is 21.8. The molecule has 1 aliphatic rings. The fourth-order valence-electron chi connectivity index (χ4n) is 3.77. The van der Waals surface area contributed by atoms with Crippen LogP contribution >= 0.6 is 0 Å². The molecule has 0 bridgehead atoms. The lowest BCUT2D eigenvalue weighted by molar-refractivity contribution is 0.169. The van der Waals surface area contributed by atoms with Crippen molar-refractivity contribution in [2.24, 2.45) is 5.92 Å². The standard InChI is InChI=1S/C21H21F2N5O3/c22-16-2-1-3-17(23)20(16)28-10-14(8-26-28)19-18(9-24-12-25-19)31-11-13-4-6-15(7-5-13)27-21(29)30/h1-3,8-10,12-13,15,27H,4-7,11H2,(H,29,30)/t13-,15+. The molecule has 1 saturated carbocycles. The normalized spacial score (nSPS) is 18.5. The predicted molar refractivity (Wildman–Crippen MR) is 107 cm³/mol. The van der Waals surface area contributed by atoms with Crippen LogP contribution < -0.4 is 10.1 Å². The summed E-state index contributed by atoms with van der Waals surface area (Å²) < 4.78 is 35.2. The van der Waals surface area contributed by atoms with Gasteiger partial charge < -0.3 is 15.2 Å². The highest BCUT2D eigenvalue weighted by Gasteiger charge is 2.23. The number of carboxylic acid groups (broad SMARTS) is 1. The third-order valence-electron chi connectivity index (χ3n) is 5.35. The number of nitrogens with zero attached hydrogens (tertiary/aromatic N) is 4. The highest BCUT2D eigenvalue weighted by Crippen LogP contribution is 2.30. The van der Waals surface area contributed by atoms with Crippen LogP contribution in [0.5, 0.6) is 5.75 Å². The first-order valence-corrected chi connectivity index (χ1v) is 9.93. The number of benzene rings is 1. The number of para-hydroxylation sites is 1. The molecule has 1 aromatic carbocycles. The van der Waals surface area contributed by atoms with Crippen molar-refractivity contribution in [2.75, 3.05) is 6.61 Å². The molecular weight excluding hydrogens is 408 g/mol. The molecule has 0 aliphatic heterocycles. The highest BCUT2D eigenvalue weighted by atomic mass is 19.1. The maximum absolute atomic E-state index is 14.1. The van der Waals surface area contributed by atoms with Gasteiger partial charge in [0.25, 0.3) is 0 Å². The first kappa shape index (κ1) is 20.7. The zero-order valence-electron chi connectivity index (χ0n) is 16.5. The number of rotatable bonds is 6. The Morgan fingerprint density at radius 1 is 1.19 bits per heavy atom. The molecule has 0 spiro atoms. The quantitative estimate of drug-likeness (QED) is 0.618. The van der Waals surface area contributed by atoms with E-state index in [4.69, 9.17) is 9.84 Å². The summed E-state index contributed by atoms with van der Waals surface area (Å²) in [4.78, 5) is 19.0. The molecule has 1 amide bonds. The van der Waals surface area contributed by atoms with Crippen molar-refractivity contribution in [3.05, 3.63) is 54.8 Å². The number of hydrogen-bond donors (Lipinski definition) is 2. The highest BCUT2D eigenvalue weighted by molar-refractivity contribution is 5.65. The minimum Gasteiger partial charge on any atom is -0.489 e. The molecule has 0 radical (unpaired) electrons. The second-order valence-electron chi connectivity index (χ2n) is 7.46. The summed E-state index contributed by atoms with van der Waals surface area (Å²) in [6.45, 7) is 0.441. The average Bonchev–Trinajstić information content (AvgIpc) is 3.22. The van der Waals surface area contributed by atoms with E-state index in [-0.39, 0.29) is 17.6 Å². The molecule has 10 heteroatoms. The predicted octanol–water partition coefficient (Wildman–Crippen LogP) is 3.81. The van der Waals surface area contributed by atoms with Crippen molar-refractivity contribution in [1.82, 2.24) is 25.1 Å². The molecule has 8 nitrogen and oxygen atoms in total. The van der Waals surface area contributed by atoms with Crippen LogP contribution in [0.3, 0.4) is 0 Å². The molecule has 0 atom stereocenters. The summed E-state index contributed by atoms with van der Waals surface area (Å²) in [6.07, 6.45) is 8.08. The van der Waals surface area contributed by atoms with Gasteiger partial charge in [0, 0.05) is 17.8 Å². The summed E-state index contributed by atoms with van der Waals surface area (Å²) in [5.74, 6) is -0.708. The van der Waals surface area contributed by atoms with Crippen molar-refractivity contribution >= 4 is 6.09 Å². The molecule has 162 valence electrons. The van der Waals surface area contributed by atoms with E-state index >= 15 is 0 Å². The SMILES string of the molecule is O=C(O)N[C@H]1CC[C@@H](COc2cncnc2-c2cnn(-c3c(F)cccc3F)c2)CC1. The number of aromatic nitrogens is 4. The summed E-state index contributed by atoms with van der Waals surface area (Å²) in [7, 11) is 0. The third kappa shape index (κ3) is 4.79. The van der Waals surface area contributed by atoms with Crippen LogP contribution in [0.25, 0.3) is 16.9 Å². The van der Waals surface area contributed by atoms with Crippen LogP contribution in [0.4, 0.5) is 13.6 Å². The second-order valence-corrected chi connectivity index (χ2v) is 7.46. The van der Waals surface area contributed by atoms with Gasteiger partial charge in [0.2, 0.25) is 0 Å². The Morgan fingerprint density at radius 2 is 1.94 bits per heavy atom. The lowest BCUT2D eigenvalue weighted by atomic mass is 9.86. The van der Waals surface area contributed by atoms with Gasteiger partial charge in [-0.15, -0.1) is 0 Å². The largest absolute Gasteiger partial charge is 0.489 e. The molecule has 2 heterocycles. The summed E-state index contributed by atoms with van der Waals surface area (Å²) in [5.41, 5.74) is 0.741. The zero-order valence-corrected chi connectivity index (χ0v) is 16.5. The number of halogens is 2. The minimum atomic E-state index is -0.999. The van der Waals surface area contributed by atoms with Gasteiger partial charge in [-0.25, -0.2) is 28.2 Å². The molecule has 0 saturated heterocycles. The van der Waals surface area contributed by atoms with Crippen LogP contribution in [0.1, 0.15) is 25.7 Å². The van der Waals surface area contributed by atoms with Gasteiger partial charge in [-0.05, 0) is 43.7 Å². The van der Waals surface area contributed by atoms with Gasteiger partial charge in [0.15, 0.2) is 17.4 Å². The Balaban J connectivity index is 1.45. The average molecular weight is 429 g/mol. The summed E-state index contributed by atoms with van der Waals surface area (Å²) in [6, 6.07) is 3.61. The number of hydrogen-bond acceptors (Lipinski definition) is 5. The molecular formula is C21H21F2N5O3. The molecule has 1 fully saturated rings. The minimum absolute atomic E-state index is 0.0195. The Labute approximate surface area is 176 Å². The molecule has 1 aliphatic carbocycles. The van der Waals surface area contributed by atoms with E-state index in [9.17, 15) is 13.6 Å². The smallest absolute Gasteiger partial charge is 0.404 e. The second kappa shape index (κ2) is 9.07. The first-order valence-electron chi connectivity index (χ1n) is 9.93. The van der Waals surface area contributed by atoms with E-state index in [0.717, 1.165) is 30.4 Å². The van der Waals surface area contributed by atoms with Crippen LogP contribution in [0, 0.1) is 17.6 Å². The van der Waals surface area contributed by atoms with Crippen LogP contribution in [-0.2, 0) is 0 Å². The molecule has 2 aromatic heterocycles. The van der Waals surface area contributed by atoms with Crippen molar-refractivity contribution in [2.45, 2.75) is 31.7 Å². The van der Waals surface area contributed by atoms with Crippen molar-refractivity contribution in [3.8, 4) is 22.7 Å². The van der Waals surface area contributed by atoms with E-state index < -0.39 is 17.7 Å². The molecule has 3 aromatic rings. The van der Waals surface area contributed by atoms with Crippen LogP contribution in [-0.4, -0.2) is 43.6 Å². The summed E-state index contributed by atoms with van der Waals surface area (Å²) in [5, 5.41) is 15.4. The summed E-state index contributed by atoms with van der Waals surface area (Å²) >= 11 is 0. The number of ether oxygens (including phenoxy) is 1. The van der Waals surface area contributed by atoms with Crippen molar-refractivity contribution in [1.29, 1.82) is 0 Å². The molecule has 2 N–H and O–H groups in total. The van der Waals surface area contributed by atoms with Crippen LogP contribution in [0.15, 0.2) is 43.1 Å². The number of nitrogens with one attached hydrogen (secondary N) is 1. The molecule has 0 unspecified atom stereocenters. The number of carbonyl (C=O) groups is 1. The van der Waals surface area contributed by atoms with E-state index in [1.807, 2.05) is 0 Å². The molecule has 31 heavy (non-hydrogen) atoms. The van der Waals surface area contributed by atoms with Gasteiger partial charge in [0.05, 0.1) is 19.0 Å². The topological polar surface area (TPSA) is 102 Å². The Kier molecular flexibility index (Phi) is 6.06. The van der Waals surface area contributed by atoms with Gasteiger partial charge in [0.1, 0.15) is 17.7 Å². The fraction of sp³-hybridized carbons (Fsp3) is 0.333. The van der Waals surface area contributed by atoms with Gasteiger partial charge in [-0.2, -0.15) is 5.10 Å². The van der Waals surface area contributed by atoms with Crippen LogP contribution in [0.2, 0.25) is 0 Å². The van der Waals surface area contributed by atoms with Crippen molar-refractivity contribution < 1.29 is 23.4 Å². The third-order valence-corrected chi connectivity index (χ3v) is 5.35. The fourth-order valence-corrected chi connectivity index (χ4v) is 3.77. The van der Waals surface area contributed by atoms with Gasteiger partial charge in [-0.3, -0.25) is 0 Å². The van der Waals surface area contributed by atoms with Gasteiger partial charge >= 0.3 is 6.09 Å².